The maximum Gasteiger partial charge on any atom is 0.254 e. The van der Waals surface area contributed by atoms with E-state index < -0.39 is 0 Å². The molecule has 0 saturated carbocycles. The highest BCUT2D eigenvalue weighted by molar-refractivity contribution is 5.95. The minimum atomic E-state index is -0.343. The van der Waals surface area contributed by atoms with Crippen molar-refractivity contribution in [2.75, 3.05) is 7.05 Å². The van der Waals surface area contributed by atoms with Gasteiger partial charge in [0.1, 0.15) is 0 Å². The topological polar surface area (TPSA) is 57.1 Å². The van der Waals surface area contributed by atoms with Crippen LogP contribution in [0.4, 0.5) is 0 Å². The molecule has 2 aliphatic rings. The average molecular weight is 152 g/mol. The van der Waals surface area contributed by atoms with Crippen LogP contribution in [0.1, 0.15) is 0 Å². The molecule has 1 N–H and O–H groups in total. The molecule has 0 aromatic heterocycles. The van der Waals surface area contributed by atoms with Gasteiger partial charge in [-0.05, 0) is 0 Å². The minimum absolute atomic E-state index is 0.0781. The minimum Gasteiger partial charge on any atom is -0.342 e. The lowest BCUT2D eigenvalue weighted by atomic mass is 10.2. The second-order valence-corrected chi connectivity index (χ2v) is 2.58. The van der Waals surface area contributed by atoms with Crippen LogP contribution < -0.4 is 5.32 Å². The molecule has 2 atom stereocenters. The van der Waals surface area contributed by atoms with Gasteiger partial charge in [0.15, 0.2) is 12.2 Å². The Hall–Kier alpha value is -1.39. The molecule has 2 heterocycles. The predicted octanol–water partition coefficient (Wildman–Crippen LogP) is -1.19. The summed E-state index contributed by atoms with van der Waals surface area (Å²) in [5.74, 6) is -0.0781. The molecule has 0 aromatic rings. The molecule has 1 amide bonds. The first kappa shape index (κ1) is 6.33. The molecule has 5 nitrogen and oxygen atoms in total. The van der Waals surface area contributed by atoms with Gasteiger partial charge in [0.25, 0.3) is 5.91 Å². The molecule has 0 bridgehead atoms. The number of nitrogens with one attached hydrogen (secondary N) is 1. The molecular formula is C6H8N4O. The SMILES string of the molecule is CN1C=NC2C(=O)NC=NC21. The zero-order chi connectivity index (χ0) is 7.84. The number of rotatable bonds is 0. The van der Waals surface area contributed by atoms with Crippen LogP contribution >= 0.6 is 0 Å². The summed E-state index contributed by atoms with van der Waals surface area (Å²) in [6, 6.07) is -0.343. The number of aliphatic imine (C=N–C) groups is 2. The molecule has 58 valence electrons. The molecule has 0 aliphatic carbocycles. The Kier molecular flexibility index (Phi) is 1.18. The molecule has 2 rings (SSSR count). The average Bonchev–Trinajstić information content (AvgIpc) is 2.35. The van der Waals surface area contributed by atoms with Gasteiger partial charge in [-0.25, -0.2) is 4.99 Å². The van der Waals surface area contributed by atoms with Crippen molar-refractivity contribution in [1.82, 2.24) is 10.2 Å². The zero-order valence-electron chi connectivity index (χ0n) is 6.06. The number of hydrogen-bond donors (Lipinski definition) is 1. The van der Waals surface area contributed by atoms with Gasteiger partial charge < -0.3 is 10.2 Å². The van der Waals surface area contributed by atoms with Crippen molar-refractivity contribution in [2.45, 2.75) is 12.2 Å². The quantitative estimate of drug-likeness (QED) is 0.474. The van der Waals surface area contributed by atoms with Gasteiger partial charge in [0.2, 0.25) is 0 Å². The summed E-state index contributed by atoms with van der Waals surface area (Å²) < 4.78 is 0. The van der Waals surface area contributed by atoms with E-state index in [0.717, 1.165) is 0 Å². The first-order chi connectivity index (χ1) is 5.29. The van der Waals surface area contributed by atoms with Crippen molar-refractivity contribution in [3.05, 3.63) is 0 Å². The third-order valence-electron chi connectivity index (χ3n) is 1.81. The Morgan fingerprint density at radius 2 is 2.45 bits per heavy atom. The van der Waals surface area contributed by atoms with Gasteiger partial charge in [0.05, 0.1) is 12.7 Å². The van der Waals surface area contributed by atoms with E-state index in [-0.39, 0.29) is 18.1 Å². The van der Waals surface area contributed by atoms with Crippen LogP contribution in [0.2, 0.25) is 0 Å². The molecule has 2 aliphatic heterocycles. The van der Waals surface area contributed by atoms with E-state index in [4.69, 9.17) is 0 Å². The van der Waals surface area contributed by atoms with Crippen LogP contribution in [-0.2, 0) is 4.79 Å². The normalized spacial score (nSPS) is 33.9. The van der Waals surface area contributed by atoms with Crippen molar-refractivity contribution in [3.63, 3.8) is 0 Å². The van der Waals surface area contributed by atoms with E-state index in [1.54, 1.807) is 6.34 Å². The van der Waals surface area contributed by atoms with E-state index >= 15 is 0 Å². The molecule has 0 fully saturated rings. The summed E-state index contributed by atoms with van der Waals surface area (Å²) in [6.07, 6.45) is 2.94. The van der Waals surface area contributed by atoms with E-state index in [1.807, 2.05) is 11.9 Å². The van der Waals surface area contributed by atoms with Crippen LogP contribution in [0.15, 0.2) is 9.98 Å². The van der Waals surface area contributed by atoms with E-state index in [9.17, 15) is 4.79 Å². The van der Waals surface area contributed by atoms with E-state index in [1.165, 1.54) is 6.34 Å². The molecule has 0 saturated heterocycles. The van der Waals surface area contributed by atoms with Crippen molar-refractivity contribution in [1.29, 1.82) is 0 Å². The largest absolute Gasteiger partial charge is 0.342 e. The number of carbonyl (C=O) groups excluding carboxylic acids is 1. The Labute approximate surface area is 63.8 Å². The third kappa shape index (κ3) is 0.806. The summed E-state index contributed by atoms with van der Waals surface area (Å²) in [5, 5.41) is 2.50. The fourth-order valence-corrected chi connectivity index (χ4v) is 1.20. The van der Waals surface area contributed by atoms with Gasteiger partial charge in [-0.2, -0.15) is 0 Å². The molecule has 11 heavy (non-hydrogen) atoms. The van der Waals surface area contributed by atoms with E-state index in [2.05, 4.69) is 15.3 Å². The summed E-state index contributed by atoms with van der Waals surface area (Å²) in [7, 11) is 1.85. The van der Waals surface area contributed by atoms with Gasteiger partial charge >= 0.3 is 0 Å². The standard InChI is InChI=1S/C6H8N4O/c1-10-3-9-4-5(10)7-2-8-6(4)11/h2-5H,1H3,(H,7,8,11). The fourth-order valence-electron chi connectivity index (χ4n) is 1.20. The highest BCUT2D eigenvalue weighted by Gasteiger charge is 2.35. The van der Waals surface area contributed by atoms with E-state index in [0.29, 0.717) is 0 Å². The second-order valence-electron chi connectivity index (χ2n) is 2.58. The lowest BCUT2D eigenvalue weighted by molar-refractivity contribution is -0.121. The number of hydrogen-bond acceptors (Lipinski definition) is 4. The Morgan fingerprint density at radius 1 is 1.64 bits per heavy atom. The summed E-state index contributed by atoms with van der Waals surface area (Å²) in [4.78, 5) is 21.0. The second kappa shape index (κ2) is 2.05. The zero-order valence-corrected chi connectivity index (χ0v) is 6.06. The van der Waals surface area contributed by atoms with Crippen LogP contribution in [0, 0.1) is 0 Å². The summed E-state index contributed by atoms with van der Waals surface area (Å²) in [5.41, 5.74) is 0. The maximum atomic E-state index is 11.1. The van der Waals surface area contributed by atoms with Gasteiger partial charge in [0, 0.05) is 7.05 Å². The Balaban J connectivity index is 2.29. The van der Waals surface area contributed by atoms with Gasteiger partial charge in [-0.3, -0.25) is 9.79 Å². The fraction of sp³-hybridized carbons (Fsp3) is 0.500. The smallest absolute Gasteiger partial charge is 0.254 e. The number of fused-ring (bicyclic) bond motifs is 1. The first-order valence-electron chi connectivity index (χ1n) is 3.36. The maximum absolute atomic E-state index is 11.1. The Morgan fingerprint density at radius 3 is 3.18 bits per heavy atom. The van der Waals surface area contributed by atoms with Crippen LogP contribution in [0.5, 0.6) is 0 Å². The number of nitrogens with zero attached hydrogens (tertiary/aromatic N) is 3. The van der Waals surface area contributed by atoms with Crippen LogP contribution in [0.3, 0.4) is 0 Å². The first-order valence-corrected chi connectivity index (χ1v) is 3.36. The lowest BCUT2D eigenvalue weighted by Gasteiger charge is -2.22. The van der Waals surface area contributed by atoms with Crippen molar-refractivity contribution < 1.29 is 4.79 Å². The molecule has 0 radical (unpaired) electrons. The summed E-state index contributed by atoms with van der Waals surface area (Å²) >= 11 is 0. The monoisotopic (exact) mass is 152 g/mol. The molecule has 5 heteroatoms. The lowest BCUT2D eigenvalue weighted by Crippen LogP contribution is -2.46. The molecule has 2 unspecified atom stereocenters. The number of likely N-dealkylation sites (N-methyl/N-ethyl adjacent to an activating group) is 1. The van der Waals surface area contributed by atoms with Crippen molar-refractivity contribution in [3.8, 4) is 0 Å². The highest BCUT2D eigenvalue weighted by atomic mass is 16.2. The van der Waals surface area contributed by atoms with Gasteiger partial charge in [-0.1, -0.05) is 0 Å². The van der Waals surface area contributed by atoms with Crippen molar-refractivity contribution >= 4 is 18.6 Å². The molecule has 0 aromatic carbocycles. The third-order valence-corrected chi connectivity index (χ3v) is 1.81. The molecular weight excluding hydrogens is 144 g/mol. The van der Waals surface area contributed by atoms with Crippen LogP contribution in [-0.4, -0.2) is 42.7 Å². The van der Waals surface area contributed by atoms with Crippen molar-refractivity contribution in [2.24, 2.45) is 9.98 Å². The molecule has 0 spiro atoms. The number of carbonyl (C=O) groups is 1. The Bertz CT molecular complexity index is 247. The summed E-state index contributed by atoms with van der Waals surface area (Å²) in [6.45, 7) is 0. The van der Waals surface area contributed by atoms with Crippen LogP contribution in [0.25, 0.3) is 0 Å². The predicted molar refractivity (Wildman–Crippen MR) is 40.5 cm³/mol. The van der Waals surface area contributed by atoms with Gasteiger partial charge in [-0.15, -0.1) is 0 Å². The number of amides is 1. The highest BCUT2D eigenvalue weighted by Crippen LogP contribution is 2.14.